The van der Waals surface area contributed by atoms with Crippen LogP contribution in [0.3, 0.4) is 0 Å². The summed E-state index contributed by atoms with van der Waals surface area (Å²) in [5.41, 5.74) is 3.77. The van der Waals surface area contributed by atoms with E-state index in [0.29, 0.717) is 19.7 Å². The highest BCUT2D eigenvalue weighted by Crippen LogP contribution is 2.29. The summed E-state index contributed by atoms with van der Waals surface area (Å²) in [5.74, 6) is 1.18. The maximum atomic E-state index is 12.8. The molecule has 30 heavy (non-hydrogen) atoms. The average molecular weight is 406 g/mol. The molecule has 0 aliphatic carbocycles. The van der Waals surface area contributed by atoms with Crippen LogP contribution < -0.4 is 9.64 Å². The summed E-state index contributed by atoms with van der Waals surface area (Å²) in [4.78, 5) is 19.5. The number of benzene rings is 2. The molecule has 0 aromatic heterocycles. The molecule has 5 nitrogen and oxygen atoms in total. The molecule has 4 rings (SSSR count). The van der Waals surface area contributed by atoms with Crippen molar-refractivity contribution >= 4 is 17.2 Å². The molecule has 2 aliphatic rings. The second-order valence-corrected chi connectivity index (χ2v) is 7.85. The fourth-order valence-corrected chi connectivity index (χ4v) is 4.24. The van der Waals surface area contributed by atoms with Gasteiger partial charge in [-0.2, -0.15) is 0 Å². The first-order chi connectivity index (χ1) is 14.7. The van der Waals surface area contributed by atoms with Gasteiger partial charge in [0.15, 0.2) is 0 Å². The van der Waals surface area contributed by atoms with Crippen LogP contribution in [-0.2, 0) is 4.79 Å². The molecule has 5 heteroatoms. The number of amides is 1. The first-order valence-electron chi connectivity index (χ1n) is 11.0. The highest BCUT2D eigenvalue weighted by atomic mass is 16.5. The number of para-hydroxylation sites is 2. The van der Waals surface area contributed by atoms with Crippen molar-refractivity contribution in [1.29, 1.82) is 0 Å². The molecular weight excluding hydrogens is 374 g/mol. The Bertz CT molecular complexity index is 873. The minimum atomic E-state index is 0.238. The molecule has 2 aliphatic heterocycles. The largest absolute Gasteiger partial charge is 0.492 e. The van der Waals surface area contributed by atoms with Crippen molar-refractivity contribution in [2.75, 3.05) is 57.3 Å². The number of rotatable bonds is 6. The summed E-state index contributed by atoms with van der Waals surface area (Å²) in [6.07, 6.45) is 3.14. The Labute approximate surface area is 179 Å². The molecule has 2 aromatic rings. The van der Waals surface area contributed by atoms with Gasteiger partial charge < -0.3 is 14.5 Å². The van der Waals surface area contributed by atoms with Crippen LogP contribution in [0.25, 0.3) is 5.57 Å². The molecule has 158 valence electrons. The van der Waals surface area contributed by atoms with Crippen molar-refractivity contribution in [3.8, 4) is 5.75 Å². The third-order valence-electron chi connectivity index (χ3n) is 5.94. The number of hydrogen-bond donors (Lipinski definition) is 0. The first kappa shape index (κ1) is 20.5. The maximum Gasteiger partial charge on any atom is 0.237 e. The predicted octanol–water partition coefficient (Wildman–Crippen LogP) is 3.52. The quantitative estimate of drug-likeness (QED) is 0.737. The van der Waals surface area contributed by atoms with E-state index in [1.807, 2.05) is 30.0 Å². The summed E-state index contributed by atoms with van der Waals surface area (Å²) >= 11 is 0. The molecule has 1 fully saturated rings. The molecule has 0 bridgehead atoms. The highest BCUT2D eigenvalue weighted by molar-refractivity contribution is 5.80. The molecule has 0 atom stereocenters. The number of anilines is 1. The van der Waals surface area contributed by atoms with E-state index in [2.05, 4.69) is 52.3 Å². The van der Waals surface area contributed by atoms with Gasteiger partial charge >= 0.3 is 0 Å². The van der Waals surface area contributed by atoms with E-state index >= 15 is 0 Å². The van der Waals surface area contributed by atoms with Crippen LogP contribution in [0.2, 0.25) is 0 Å². The summed E-state index contributed by atoms with van der Waals surface area (Å²) in [7, 11) is 0. The zero-order valence-electron chi connectivity index (χ0n) is 17.8. The van der Waals surface area contributed by atoms with Crippen molar-refractivity contribution in [2.24, 2.45) is 0 Å². The van der Waals surface area contributed by atoms with E-state index in [9.17, 15) is 4.79 Å². The lowest BCUT2D eigenvalue weighted by Crippen LogP contribution is -2.50. The molecular formula is C25H31N3O2. The number of hydrogen-bond acceptors (Lipinski definition) is 4. The van der Waals surface area contributed by atoms with E-state index in [0.717, 1.165) is 50.6 Å². The van der Waals surface area contributed by atoms with Gasteiger partial charge in [0.05, 0.1) is 18.8 Å². The van der Waals surface area contributed by atoms with Crippen molar-refractivity contribution in [1.82, 2.24) is 9.80 Å². The third kappa shape index (κ3) is 4.85. The molecule has 0 saturated carbocycles. The predicted molar refractivity (Wildman–Crippen MR) is 122 cm³/mol. The van der Waals surface area contributed by atoms with Crippen LogP contribution in [0, 0.1) is 0 Å². The van der Waals surface area contributed by atoms with Crippen LogP contribution in [-0.4, -0.2) is 68.1 Å². The van der Waals surface area contributed by atoms with Crippen molar-refractivity contribution < 1.29 is 9.53 Å². The van der Waals surface area contributed by atoms with Crippen LogP contribution in [0.4, 0.5) is 5.69 Å². The molecule has 0 N–H and O–H groups in total. The average Bonchev–Trinajstić information content (AvgIpc) is 2.81. The molecule has 0 spiro atoms. The molecule has 1 amide bonds. The molecule has 0 radical (unpaired) electrons. The normalized spacial score (nSPS) is 17.6. The molecule has 2 aromatic carbocycles. The summed E-state index contributed by atoms with van der Waals surface area (Å²) < 4.78 is 5.78. The Kier molecular flexibility index (Phi) is 6.70. The first-order valence-corrected chi connectivity index (χ1v) is 11.0. The number of carbonyl (C=O) groups is 1. The van der Waals surface area contributed by atoms with E-state index in [1.165, 1.54) is 11.1 Å². The zero-order valence-corrected chi connectivity index (χ0v) is 17.8. The van der Waals surface area contributed by atoms with E-state index in [1.54, 1.807) is 0 Å². The number of piperazine rings is 1. The van der Waals surface area contributed by atoms with Gasteiger partial charge in [-0.3, -0.25) is 9.69 Å². The Balaban J connectivity index is 1.28. The van der Waals surface area contributed by atoms with Crippen LogP contribution in [0.5, 0.6) is 5.75 Å². The third-order valence-corrected chi connectivity index (χ3v) is 5.94. The van der Waals surface area contributed by atoms with Crippen molar-refractivity contribution in [3.05, 3.63) is 66.2 Å². The van der Waals surface area contributed by atoms with Crippen molar-refractivity contribution in [3.63, 3.8) is 0 Å². The Hall–Kier alpha value is -2.79. The lowest BCUT2D eigenvalue weighted by Gasteiger charge is -2.37. The number of carbonyl (C=O) groups excluding carboxylic acids is 1. The van der Waals surface area contributed by atoms with Gasteiger partial charge in [0.1, 0.15) is 5.75 Å². The maximum absolute atomic E-state index is 12.8. The van der Waals surface area contributed by atoms with Gasteiger partial charge in [0.2, 0.25) is 5.91 Å². The summed E-state index contributed by atoms with van der Waals surface area (Å²) in [6.45, 7) is 8.32. The van der Waals surface area contributed by atoms with Crippen molar-refractivity contribution in [2.45, 2.75) is 13.3 Å². The van der Waals surface area contributed by atoms with Gasteiger partial charge in [-0.1, -0.05) is 48.5 Å². The van der Waals surface area contributed by atoms with Gasteiger partial charge in [0.25, 0.3) is 0 Å². The lowest BCUT2D eigenvalue weighted by molar-refractivity contribution is -0.132. The van der Waals surface area contributed by atoms with E-state index < -0.39 is 0 Å². The topological polar surface area (TPSA) is 36.0 Å². The molecule has 2 heterocycles. The monoisotopic (exact) mass is 405 g/mol. The van der Waals surface area contributed by atoms with Gasteiger partial charge in [-0.05, 0) is 36.6 Å². The Morgan fingerprint density at radius 3 is 2.37 bits per heavy atom. The van der Waals surface area contributed by atoms with E-state index in [4.69, 9.17) is 4.74 Å². The van der Waals surface area contributed by atoms with E-state index in [-0.39, 0.29) is 5.91 Å². The minimum absolute atomic E-state index is 0.238. The minimum Gasteiger partial charge on any atom is -0.492 e. The zero-order chi connectivity index (χ0) is 20.8. The smallest absolute Gasteiger partial charge is 0.237 e. The fraction of sp³-hybridized carbons (Fsp3) is 0.400. The van der Waals surface area contributed by atoms with Crippen LogP contribution in [0.15, 0.2) is 60.7 Å². The fourth-order valence-electron chi connectivity index (χ4n) is 4.24. The van der Waals surface area contributed by atoms with Crippen LogP contribution in [0.1, 0.15) is 18.9 Å². The standard InChI is InChI=1S/C25H31N3O2/c1-2-30-24-11-7-6-10-23(24)27-18-16-26(17-19-27)20-25(29)28-14-12-22(13-15-28)21-8-4-3-5-9-21/h3-12H,2,13-20H2,1H3. The molecule has 0 unspecified atom stereocenters. The van der Waals surface area contributed by atoms with Gasteiger partial charge in [-0.25, -0.2) is 0 Å². The molecule has 1 saturated heterocycles. The second-order valence-electron chi connectivity index (χ2n) is 7.85. The van der Waals surface area contributed by atoms with Crippen LogP contribution >= 0.6 is 0 Å². The lowest BCUT2D eigenvalue weighted by atomic mass is 9.99. The highest BCUT2D eigenvalue weighted by Gasteiger charge is 2.24. The number of ether oxygens (including phenoxy) is 1. The Morgan fingerprint density at radius 1 is 0.933 bits per heavy atom. The summed E-state index contributed by atoms with van der Waals surface area (Å²) in [6, 6.07) is 18.7. The SMILES string of the molecule is CCOc1ccccc1N1CCN(CC(=O)N2CC=C(c3ccccc3)CC2)CC1. The van der Waals surface area contributed by atoms with Gasteiger partial charge in [0, 0.05) is 39.3 Å². The van der Waals surface area contributed by atoms with Gasteiger partial charge in [-0.15, -0.1) is 0 Å². The number of nitrogens with zero attached hydrogens (tertiary/aromatic N) is 3. The Morgan fingerprint density at radius 2 is 1.67 bits per heavy atom. The summed E-state index contributed by atoms with van der Waals surface area (Å²) in [5, 5.41) is 0. The second kappa shape index (κ2) is 9.81.